The largest absolute Gasteiger partial charge is 0.299 e. The van der Waals surface area contributed by atoms with E-state index in [0.717, 1.165) is 13.1 Å². The lowest BCUT2D eigenvalue weighted by molar-refractivity contribution is 0.248. The first kappa shape index (κ1) is 10.5. The molecule has 74 valence electrons. The number of hydrogen-bond acceptors (Lipinski definition) is 2. The highest BCUT2D eigenvalue weighted by Gasteiger charge is 2.25. The molecule has 0 aliphatic carbocycles. The van der Waals surface area contributed by atoms with Gasteiger partial charge in [0.15, 0.2) is 0 Å². The van der Waals surface area contributed by atoms with Gasteiger partial charge in [0.2, 0.25) is 0 Å². The van der Waals surface area contributed by atoms with Crippen LogP contribution in [0.2, 0.25) is 0 Å². The van der Waals surface area contributed by atoms with E-state index in [2.05, 4.69) is 11.0 Å². The Kier molecular flexibility index (Phi) is 3.68. The molecule has 0 aromatic heterocycles. The van der Waals surface area contributed by atoms with Crippen molar-refractivity contribution in [2.24, 2.45) is 11.8 Å². The number of nitriles is 1. The van der Waals surface area contributed by atoms with Crippen molar-refractivity contribution in [1.82, 2.24) is 4.90 Å². The Morgan fingerprint density at radius 3 is 2.69 bits per heavy atom. The minimum Gasteiger partial charge on any atom is -0.299 e. The van der Waals surface area contributed by atoms with E-state index in [0.29, 0.717) is 18.9 Å². The Hall–Kier alpha value is -0.620. The number of rotatable bonds is 3. The fourth-order valence-electron chi connectivity index (χ4n) is 1.63. The molecule has 2 unspecified atom stereocenters. The molecule has 2 atom stereocenters. The number of halogens is 1. The molecule has 0 aromatic rings. The molecule has 1 aliphatic heterocycles. The van der Waals surface area contributed by atoms with Crippen LogP contribution in [0.4, 0.5) is 4.39 Å². The molecule has 2 nitrogen and oxygen atoms in total. The van der Waals surface area contributed by atoms with E-state index >= 15 is 0 Å². The first-order valence-electron chi connectivity index (χ1n) is 4.89. The third-order valence-corrected chi connectivity index (χ3v) is 2.64. The van der Waals surface area contributed by atoms with Crippen LogP contribution >= 0.6 is 0 Å². The third-order valence-electron chi connectivity index (χ3n) is 2.64. The van der Waals surface area contributed by atoms with Crippen molar-refractivity contribution >= 4 is 0 Å². The maximum atomic E-state index is 12.8. The zero-order valence-corrected chi connectivity index (χ0v) is 8.33. The summed E-state index contributed by atoms with van der Waals surface area (Å²) >= 11 is 0. The summed E-state index contributed by atoms with van der Waals surface area (Å²) in [7, 11) is 0. The maximum absolute atomic E-state index is 12.8. The molecule has 1 rings (SSSR count). The first-order chi connectivity index (χ1) is 6.13. The zero-order valence-electron chi connectivity index (χ0n) is 8.33. The van der Waals surface area contributed by atoms with Gasteiger partial charge in [-0.2, -0.15) is 5.26 Å². The molecular weight excluding hydrogens is 167 g/mol. The molecular formula is C10H17FN2. The topological polar surface area (TPSA) is 27.0 Å². The summed E-state index contributed by atoms with van der Waals surface area (Å²) < 4.78 is 12.8. The first-order valence-corrected chi connectivity index (χ1v) is 4.89. The van der Waals surface area contributed by atoms with Crippen LogP contribution in [0.15, 0.2) is 0 Å². The van der Waals surface area contributed by atoms with E-state index in [-0.39, 0.29) is 5.92 Å². The van der Waals surface area contributed by atoms with Crippen molar-refractivity contribution in [2.45, 2.75) is 26.4 Å². The van der Waals surface area contributed by atoms with Gasteiger partial charge in [0.05, 0.1) is 12.0 Å². The summed E-state index contributed by atoms with van der Waals surface area (Å²) in [6.07, 6.45) is -0.0394. The van der Waals surface area contributed by atoms with Gasteiger partial charge in [0.25, 0.3) is 0 Å². The van der Waals surface area contributed by atoms with Crippen LogP contribution in [0.5, 0.6) is 0 Å². The van der Waals surface area contributed by atoms with Crippen LogP contribution in [-0.2, 0) is 0 Å². The van der Waals surface area contributed by atoms with Crippen molar-refractivity contribution in [1.29, 1.82) is 5.26 Å². The van der Waals surface area contributed by atoms with Gasteiger partial charge >= 0.3 is 0 Å². The number of nitrogens with zero attached hydrogens (tertiary/aromatic N) is 2. The number of alkyl halides is 1. The van der Waals surface area contributed by atoms with Crippen LogP contribution in [-0.4, -0.2) is 30.7 Å². The monoisotopic (exact) mass is 184 g/mol. The predicted molar refractivity (Wildman–Crippen MR) is 49.9 cm³/mol. The van der Waals surface area contributed by atoms with Gasteiger partial charge in [-0.1, -0.05) is 13.8 Å². The van der Waals surface area contributed by atoms with Crippen LogP contribution in [0.25, 0.3) is 0 Å². The smallest absolute Gasteiger partial charge is 0.114 e. The highest BCUT2D eigenvalue weighted by Crippen LogP contribution is 2.17. The average Bonchev–Trinajstić information content (AvgIpc) is 2.46. The molecule has 0 N–H and O–H groups in total. The molecule has 0 amide bonds. The lowest BCUT2D eigenvalue weighted by Crippen LogP contribution is -2.29. The maximum Gasteiger partial charge on any atom is 0.114 e. The van der Waals surface area contributed by atoms with E-state index in [9.17, 15) is 4.39 Å². The molecule has 1 fully saturated rings. The highest BCUT2D eigenvalue weighted by atomic mass is 19.1. The molecule has 1 aliphatic rings. The fraction of sp³-hybridized carbons (Fsp3) is 0.900. The highest BCUT2D eigenvalue weighted by molar-refractivity contribution is 4.89. The van der Waals surface area contributed by atoms with E-state index < -0.39 is 6.17 Å². The minimum atomic E-state index is -0.675. The molecule has 1 heterocycles. The Morgan fingerprint density at radius 1 is 1.62 bits per heavy atom. The van der Waals surface area contributed by atoms with Gasteiger partial charge in [0.1, 0.15) is 6.17 Å². The van der Waals surface area contributed by atoms with E-state index in [4.69, 9.17) is 5.26 Å². The van der Waals surface area contributed by atoms with E-state index in [1.165, 1.54) is 0 Å². The standard InChI is InChI=1S/C10H17FN2/c1-8(2)9(5-12)6-13-4-3-10(11)7-13/h8-10H,3-4,6-7H2,1-2H3. The second-order valence-corrected chi connectivity index (χ2v) is 4.13. The Balaban J connectivity index is 2.35. The minimum absolute atomic E-state index is 0.0466. The van der Waals surface area contributed by atoms with Gasteiger partial charge in [-0.3, -0.25) is 4.90 Å². The Morgan fingerprint density at radius 2 is 2.31 bits per heavy atom. The van der Waals surface area contributed by atoms with Crippen LogP contribution in [0, 0.1) is 23.2 Å². The molecule has 0 bridgehead atoms. The van der Waals surface area contributed by atoms with Crippen molar-refractivity contribution in [3.63, 3.8) is 0 Å². The van der Waals surface area contributed by atoms with E-state index in [1.54, 1.807) is 0 Å². The van der Waals surface area contributed by atoms with Crippen LogP contribution in [0.1, 0.15) is 20.3 Å². The van der Waals surface area contributed by atoms with Crippen molar-refractivity contribution < 1.29 is 4.39 Å². The SMILES string of the molecule is CC(C)C(C#N)CN1CCC(F)C1. The number of likely N-dealkylation sites (tertiary alicyclic amines) is 1. The average molecular weight is 184 g/mol. The van der Waals surface area contributed by atoms with Crippen molar-refractivity contribution in [3.8, 4) is 6.07 Å². The predicted octanol–water partition coefficient (Wildman–Crippen LogP) is 1.83. The van der Waals surface area contributed by atoms with Crippen molar-refractivity contribution in [2.75, 3.05) is 19.6 Å². The molecule has 13 heavy (non-hydrogen) atoms. The number of hydrogen-bond donors (Lipinski definition) is 0. The third kappa shape index (κ3) is 2.96. The second kappa shape index (κ2) is 4.57. The quantitative estimate of drug-likeness (QED) is 0.669. The van der Waals surface area contributed by atoms with Gasteiger partial charge in [0, 0.05) is 19.6 Å². The molecule has 1 saturated heterocycles. The molecule has 3 heteroatoms. The van der Waals surface area contributed by atoms with Crippen molar-refractivity contribution in [3.05, 3.63) is 0 Å². The van der Waals surface area contributed by atoms with Gasteiger partial charge in [-0.15, -0.1) is 0 Å². The van der Waals surface area contributed by atoms with Gasteiger partial charge < -0.3 is 0 Å². The molecule has 0 aromatic carbocycles. The summed E-state index contributed by atoms with van der Waals surface area (Å²) in [5.41, 5.74) is 0. The summed E-state index contributed by atoms with van der Waals surface area (Å²) in [4.78, 5) is 2.05. The lowest BCUT2D eigenvalue weighted by atomic mass is 9.97. The van der Waals surface area contributed by atoms with Crippen LogP contribution < -0.4 is 0 Å². The molecule has 0 spiro atoms. The summed E-state index contributed by atoms with van der Waals surface area (Å²) in [6, 6.07) is 2.28. The zero-order chi connectivity index (χ0) is 9.84. The van der Waals surface area contributed by atoms with Gasteiger partial charge in [-0.05, 0) is 12.3 Å². The summed E-state index contributed by atoms with van der Waals surface area (Å²) in [5.74, 6) is 0.411. The van der Waals surface area contributed by atoms with E-state index in [1.807, 2.05) is 13.8 Å². The molecule has 0 radical (unpaired) electrons. The van der Waals surface area contributed by atoms with Gasteiger partial charge in [-0.25, -0.2) is 4.39 Å². The van der Waals surface area contributed by atoms with Crippen LogP contribution in [0.3, 0.4) is 0 Å². The molecule has 0 saturated carbocycles. The fourth-order valence-corrected chi connectivity index (χ4v) is 1.63. The summed E-state index contributed by atoms with van der Waals surface area (Å²) in [6.45, 7) is 6.14. The second-order valence-electron chi connectivity index (χ2n) is 4.13. The lowest BCUT2D eigenvalue weighted by Gasteiger charge is -2.20. The Bertz CT molecular complexity index is 198. The normalized spacial score (nSPS) is 26.2. The Labute approximate surface area is 79.3 Å². The summed E-state index contributed by atoms with van der Waals surface area (Å²) in [5, 5.41) is 8.85.